The number of fused-ring (bicyclic) bond motifs is 1. The fourth-order valence-electron chi connectivity index (χ4n) is 4.10. The Morgan fingerprint density at radius 2 is 1.86 bits per heavy atom. The second-order valence-corrected chi connectivity index (χ2v) is 8.37. The quantitative estimate of drug-likeness (QED) is 0.718. The predicted molar refractivity (Wildman–Crippen MR) is 118 cm³/mol. The minimum absolute atomic E-state index is 0.0924. The fraction of sp³-hybridized carbons (Fsp3) is 0.333. The van der Waals surface area contributed by atoms with Crippen LogP contribution in [0.4, 0.5) is 5.69 Å². The lowest BCUT2D eigenvalue weighted by Crippen LogP contribution is -2.47. The Kier molecular flexibility index (Phi) is 5.64. The molecule has 1 fully saturated rings. The molecule has 0 saturated carbocycles. The van der Waals surface area contributed by atoms with Crippen molar-refractivity contribution in [2.45, 2.75) is 39.0 Å². The van der Waals surface area contributed by atoms with Crippen LogP contribution < -0.4 is 4.90 Å². The molecule has 29 heavy (non-hydrogen) atoms. The lowest BCUT2D eigenvalue weighted by molar-refractivity contribution is -0.129. The maximum atomic E-state index is 13.1. The predicted octanol–water partition coefficient (Wildman–Crippen LogP) is 5.03. The number of thioether (sulfide) groups is 1. The molecule has 1 amide bonds. The largest absolute Gasteiger partial charge is 0.343 e. The molecule has 0 bridgehead atoms. The van der Waals surface area contributed by atoms with Crippen LogP contribution in [0, 0.1) is 11.3 Å². The van der Waals surface area contributed by atoms with Gasteiger partial charge < -0.3 is 4.90 Å². The molecule has 2 heterocycles. The summed E-state index contributed by atoms with van der Waals surface area (Å²) in [5, 5.41) is 10.8. The number of allylic oxidation sites excluding steroid dienone is 1. The zero-order valence-electron chi connectivity index (χ0n) is 16.9. The number of para-hydroxylation sites is 1. The smallest absolute Gasteiger partial charge is 0.229 e. The van der Waals surface area contributed by atoms with Gasteiger partial charge in [-0.2, -0.15) is 5.26 Å². The number of aryl methyl sites for hydroxylation is 2. The normalized spacial score (nSPS) is 19.2. The Morgan fingerprint density at radius 1 is 1.10 bits per heavy atom. The number of carbonyl (C=O) groups excluding carboxylic acids is 1. The summed E-state index contributed by atoms with van der Waals surface area (Å²) in [6.45, 7) is 4.78. The molecule has 2 aliphatic heterocycles. The van der Waals surface area contributed by atoms with Gasteiger partial charge >= 0.3 is 0 Å². The van der Waals surface area contributed by atoms with E-state index in [4.69, 9.17) is 0 Å². The molecule has 2 aromatic rings. The molecule has 5 heteroatoms. The third-order valence-electron chi connectivity index (χ3n) is 5.80. The standard InChI is InChI=1S/C24H25N3OS/c1-3-17-9-11-19(12-10-17)20-13-23(28)27-15-26(16-29-24(27)21(20)14-25)22-8-6-5-7-18(22)4-2/h5-12,20H,3-4,13,15-16H2,1-2H3. The van der Waals surface area contributed by atoms with Gasteiger partial charge in [0.2, 0.25) is 5.91 Å². The van der Waals surface area contributed by atoms with Crippen LogP contribution in [0.25, 0.3) is 0 Å². The number of hydrogen-bond donors (Lipinski definition) is 0. The summed E-state index contributed by atoms with van der Waals surface area (Å²) < 4.78 is 0. The summed E-state index contributed by atoms with van der Waals surface area (Å²) in [4.78, 5) is 17.1. The molecule has 4 nitrogen and oxygen atoms in total. The van der Waals surface area contributed by atoms with E-state index >= 15 is 0 Å². The lowest BCUT2D eigenvalue weighted by atomic mass is 9.86. The molecule has 2 aromatic carbocycles. The molecule has 148 valence electrons. The monoisotopic (exact) mass is 403 g/mol. The second-order valence-electron chi connectivity index (χ2n) is 7.44. The summed E-state index contributed by atoms with van der Waals surface area (Å²) in [6.07, 6.45) is 2.28. The summed E-state index contributed by atoms with van der Waals surface area (Å²) in [5.74, 6) is 0.685. The SMILES string of the molecule is CCc1ccc(C2CC(=O)N3CN(c4ccccc4CC)CSC3=C2C#N)cc1. The van der Waals surface area contributed by atoms with E-state index in [2.05, 4.69) is 67.3 Å². The second kappa shape index (κ2) is 8.34. The van der Waals surface area contributed by atoms with Crippen molar-refractivity contribution in [1.29, 1.82) is 5.26 Å². The van der Waals surface area contributed by atoms with E-state index in [-0.39, 0.29) is 11.8 Å². The number of benzene rings is 2. The highest BCUT2D eigenvalue weighted by Crippen LogP contribution is 2.43. The minimum Gasteiger partial charge on any atom is -0.343 e. The van der Waals surface area contributed by atoms with Crippen LogP contribution in [0.15, 0.2) is 59.1 Å². The first-order valence-corrected chi connectivity index (χ1v) is 11.1. The first kappa shape index (κ1) is 19.6. The third-order valence-corrected chi connectivity index (χ3v) is 6.95. The van der Waals surface area contributed by atoms with Crippen molar-refractivity contribution in [2.24, 2.45) is 0 Å². The number of rotatable bonds is 4. The van der Waals surface area contributed by atoms with Gasteiger partial charge in [-0.3, -0.25) is 9.69 Å². The van der Waals surface area contributed by atoms with Crippen molar-refractivity contribution in [3.63, 3.8) is 0 Å². The molecule has 1 atom stereocenters. The number of hydrogen-bond acceptors (Lipinski definition) is 4. The molecule has 0 N–H and O–H groups in total. The summed E-state index contributed by atoms with van der Waals surface area (Å²) in [5.41, 5.74) is 5.49. The van der Waals surface area contributed by atoms with Crippen LogP contribution in [0.1, 0.15) is 42.9 Å². The minimum atomic E-state index is -0.147. The van der Waals surface area contributed by atoms with Gasteiger partial charge in [-0.05, 0) is 35.6 Å². The van der Waals surface area contributed by atoms with E-state index < -0.39 is 0 Å². The van der Waals surface area contributed by atoms with Crippen LogP contribution in [-0.4, -0.2) is 23.4 Å². The Labute approximate surface area is 176 Å². The van der Waals surface area contributed by atoms with Gasteiger partial charge in [0.15, 0.2) is 0 Å². The Hall–Kier alpha value is -2.71. The van der Waals surface area contributed by atoms with Crippen LogP contribution >= 0.6 is 11.8 Å². The molecule has 0 radical (unpaired) electrons. The average molecular weight is 404 g/mol. The van der Waals surface area contributed by atoms with Crippen LogP contribution in [0.5, 0.6) is 0 Å². The van der Waals surface area contributed by atoms with Crippen molar-refractivity contribution in [3.8, 4) is 6.07 Å². The van der Waals surface area contributed by atoms with E-state index in [1.54, 1.807) is 16.7 Å². The van der Waals surface area contributed by atoms with Crippen molar-refractivity contribution < 1.29 is 4.79 Å². The van der Waals surface area contributed by atoms with Crippen LogP contribution in [0.3, 0.4) is 0 Å². The van der Waals surface area contributed by atoms with Gasteiger partial charge in [0, 0.05) is 18.0 Å². The van der Waals surface area contributed by atoms with Gasteiger partial charge in [0.1, 0.15) is 0 Å². The molecule has 0 spiro atoms. The topological polar surface area (TPSA) is 47.3 Å². The highest BCUT2D eigenvalue weighted by atomic mass is 32.2. The van der Waals surface area contributed by atoms with E-state index in [1.807, 2.05) is 6.07 Å². The van der Waals surface area contributed by atoms with E-state index in [0.717, 1.165) is 34.9 Å². The van der Waals surface area contributed by atoms with Gasteiger partial charge in [-0.1, -0.05) is 68.1 Å². The first-order valence-electron chi connectivity index (χ1n) is 10.1. The first-order chi connectivity index (χ1) is 14.2. The highest BCUT2D eigenvalue weighted by Gasteiger charge is 2.38. The number of nitrogens with zero attached hydrogens (tertiary/aromatic N) is 3. The third kappa shape index (κ3) is 3.65. The van der Waals surface area contributed by atoms with Crippen LogP contribution in [0.2, 0.25) is 0 Å². The molecule has 2 aliphatic rings. The zero-order chi connectivity index (χ0) is 20.4. The Bertz CT molecular complexity index is 990. The molecule has 4 rings (SSSR count). The van der Waals surface area contributed by atoms with E-state index in [9.17, 15) is 10.1 Å². The van der Waals surface area contributed by atoms with Crippen molar-refractivity contribution >= 4 is 23.4 Å². The van der Waals surface area contributed by atoms with Gasteiger partial charge in [0.05, 0.1) is 29.2 Å². The molecule has 1 saturated heterocycles. The summed E-state index contributed by atoms with van der Waals surface area (Å²) >= 11 is 1.60. The molecule has 0 aliphatic carbocycles. The number of nitriles is 1. The van der Waals surface area contributed by atoms with Gasteiger partial charge in [-0.15, -0.1) is 0 Å². The Morgan fingerprint density at radius 3 is 2.55 bits per heavy atom. The average Bonchev–Trinajstić information content (AvgIpc) is 2.79. The fourth-order valence-corrected chi connectivity index (χ4v) is 5.26. The highest BCUT2D eigenvalue weighted by molar-refractivity contribution is 8.03. The maximum Gasteiger partial charge on any atom is 0.229 e. The van der Waals surface area contributed by atoms with Crippen molar-refractivity contribution in [1.82, 2.24) is 4.90 Å². The zero-order valence-corrected chi connectivity index (χ0v) is 17.7. The van der Waals surface area contributed by atoms with E-state index in [0.29, 0.717) is 13.1 Å². The number of anilines is 1. The maximum absolute atomic E-state index is 13.1. The summed E-state index contributed by atoms with van der Waals surface area (Å²) in [6, 6.07) is 19.1. The van der Waals surface area contributed by atoms with Crippen molar-refractivity contribution in [3.05, 3.63) is 75.8 Å². The van der Waals surface area contributed by atoms with Crippen molar-refractivity contribution in [2.75, 3.05) is 17.4 Å². The molecule has 1 unspecified atom stereocenters. The van der Waals surface area contributed by atoms with E-state index in [1.165, 1.54) is 16.8 Å². The lowest BCUT2D eigenvalue weighted by Gasteiger charge is -2.42. The molecular formula is C24H25N3OS. The van der Waals surface area contributed by atoms with Crippen LogP contribution in [-0.2, 0) is 17.6 Å². The van der Waals surface area contributed by atoms with Gasteiger partial charge in [0.25, 0.3) is 0 Å². The molecule has 0 aromatic heterocycles. The number of amides is 1. The number of carbonyl (C=O) groups is 1. The Balaban J connectivity index is 1.65. The summed E-state index contributed by atoms with van der Waals surface area (Å²) in [7, 11) is 0. The molecular weight excluding hydrogens is 378 g/mol. The van der Waals surface area contributed by atoms with Gasteiger partial charge in [-0.25, -0.2) is 0 Å².